The maximum Gasteiger partial charge on any atom is 0.225 e. The van der Waals surface area contributed by atoms with Crippen molar-refractivity contribution in [2.45, 2.75) is 45.7 Å². The number of hydrogen-bond donors (Lipinski definition) is 2. The van der Waals surface area contributed by atoms with Gasteiger partial charge in [0.05, 0.1) is 0 Å². The lowest BCUT2D eigenvalue weighted by molar-refractivity contribution is -0.134. The summed E-state index contributed by atoms with van der Waals surface area (Å²) in [5.41, 5.74) is 6.65. The first-order valence-corrected chi connectivity index (χ1v) is 7.18. The molecule has 0 aliphatic heterocycles. The summed E-state index contributed by atoms with van der Waals surface area (Å²) < 4.78 is 0. The Morgan fingerprint density at radius 1 is 1.35 bits per heavy atom. The van der Waals surface area contributed by atoms with Crippen LogP contribution in [0.5, 0.6) is 5.75 Å². The van der Waals surface area contributed by atoms with Gasteiger partial charge in [0.1, 0.15) is 5.75 Å². The molecule has 0 saturated carbocycles. The highest BCUT2D eigenvalue weighted by Crippen LogP contribution is 2.16. The van der Waals surface area contributed by atoms with Crippen molar-refractivity contribution < 1.29 is 9.90 Å². The smallest absolute Gasteiger partial charge is 0.225 e. The van der Waals surface area contributed by atoms with Gasteiger partial charge >= 0.3 is 0 Å². The van der Waals surface area contributed by atoms with Crippen LogP contribution >= 0.6 is 0 Å². The predicted octanol–water partition coefficient (Wildman–Crippen LogP) is 2.50. The normalized spacial score (nSPS) is 13.8. The zero-order valence-corrected chi connectivity index (χ0v) is 12.7. The lowest BCUT2D eigenvalue weighted by Crippen LogP contribution is -2.31. The van der Waals surface area contributed by atoms with Gasteiger partial charge in [0.2, 0.25) is 5.91 Å². The zero-order valence-electron chi connectivity index (χ0n) is 12.7. The monoisotopic (exact) mass is 278 g/mol. The van der Waals surface area contributed by atoms with Gasteiger partial charge < -0.3 is 15.7 Å². The summed E-state index contributed by atoms with van der Waals surface area (Å²) in [6.45, 7) is 4.47. The van der Waals surface area contributed by atoms with Crippen LogP contribution in [-0.4, -0.2) is 29.0 Å². The molecule has 1 rings (SSSR count). The number of amides is 1. The summed E-state index contributed by atoms with van der Waals surface area (Å²) in [5, 5.41) is 9.43. The first-order valence-electron chi connectivity index (χ1n) is 7.18. The number of aromatic hydroxyl groups is 1. The summed E-state index contributed by atoms with van der Waals surface area (Å²) >= 11 is 0. The molecule has 0 heterocycles. The average Bonchev–Trinajstić information content (AvgIpc) is 2.37. The SMILES string of the molecule is CC(N)CCCC(C)C(=O)N(C)Cc1cccc(O)c1. The Bertz CT molecular complexity index is 432. The molecule has 20 heavy (non-hydrogen) atoms. The van der Waals surface area contributed by atoms with Crippen molar-refractivity contribution in [2.75, 3.05) is 7.05 Å². The van der Waals surface area contributed by atoms with Gasteiger partial charge in [-0.1, -0.05) is 25.5 Å². The number of benzene rings is 1. The molecule has 2 unspecified atom stereocenters. The lowest BCUT2D eigenvalue weighted by Gasteiger charge is -2.22. The van der Waals surface area contributed by atoms with E-state index in [1.165, 1.54) is 0 Å². The van der Waals surface area contributed by atoms with Crippen LogP contribution in [0.25, 0.3) is 0 Å². The number of hydrogen-bond acceptors (Lipinski definition) is 3. The van der Waals surface area contributed by atoms with E-state index in [2.05, 4.69) is 0 Å². The van der Waals surface area contributed by atoms with Crippen molar-refractivity contribution in [1.29, 1.82) is 0 Å². The average molecular weight is 278 g/mol. The minimum Gasteiger partial charge on any atom is -0.508 e. The summed E-state index contributed by atoms with van der Waals surface area (Å²) in [6, 6.07) is 7.20. The molecule has 1 amide bonds. The first-order chi connectivity index (χ1) is 9.40. The Kier molecular flexibility index (Phi) is 6.52. The molecule has 1 aromatic rings. The molecule has 0 fully saturated rings. The molecule has 0 spiro atoms. The maximum atomic E-state index is 12.2. The van der Waals surface area contributed by atoms with Gasteiger partial charge in [-0.15, -0.1) is 0 Å². The number of carbonyl (C=O) groups excluding carboxylic acids is 1. The summed E-state index contributed by atoms with van der Waals surface area (Å²) in [4.78, 5) is 14.0. The molecule has 0 aliphatic carbocycles. The Balaban J connectivity index is 2.45. The zero-order chi connectivity index (χ0) is 15.1. The molecule has 4 nitrogen and oxygen atoms in total. The topological polar surface area (TPSA) is 66.6 Å². The van der Waals surface area contributed by atoms with Gasteiger partial charge in [-0.2, -0.15) is 0 Å². The Labute approximate surface area is 121 Å². The Morgan fingerprint density at radius 2 is 2.05 bits per heavy atom. The third-order valence-electron chi connectivity index (χ3n) is 3.42. The second kappa shape index (κ2) is 7.90. The third-order valence-corrected chi connectivity index (χ3v) is 3.42. The van der Waals surface area contributed by atoms with Crippen LogP contribution < -0.4 is 5.73 Å². The molecule has 0 aliphatic rings. The van der Waals surface area contributed by atoms with Crippen LogP contribution in [0.4, 0.5) is 0 Å². The highest BCUT2D eigenvalue weighted by atomic mass is 16.3. The van der Waals surface area contributed by atoms with E-state index in [0.717, 1.165) is 24.8 Å². The van der Waals surface area contributed by atoms with E-state index in [1.807, 2.05) is 19.9 Å². The molecular formula is C16H26N2O2. The maximum absolute atomic E-state index is 12.2. The van der Waals surface area contributed by atoms with E-state index in [0.29, 0.717) is 6.54 Å². The van der Waals surface area contributed by atoms with Crippen molar-refractivity contribution in [3.63, 3.8) is 0 Å². The van der Waals surface area contributed by atoms with Gasteiger partial charge in [-0.3, -0.25) is 4.79 Å². The van der Waals surface area contributed by atoms with Crippen molar-refractivity contribution >= 4 is 5.91 Å². The molecule has 0 radical (unpaired) electrons. The van der Waals surface area contributed by atoms with Crippen LogP contribution in [0.3, 0.4) is 0 Å². The largest absolute Gasteiger partial charge is 0.508 e. The van der Waals surface area contributed by atoms with Crippen LogP contribution in [0.2, 0.25) is 0 Å². The van der Waals surface area contributed by atoms with E-state index in [-0.39, 0.29) is 23.6 Å². The molecule has 4 heteroatoms. The van der Waals surface area contributed by atoms with E-state index in [9.17, 15) is 9.90 Å². The molecule has 1 aromatic carbocycles. The van der Waals surface area contributed by atoms with Gasteiger partial charge in [-0.25, -0.2) is 0 Å². The Hall–Kier alpha value is -1.55. The molecule has 3 N–H and O–H groups in total. The summed E-state index contributed by atoms with van der Waals surface area (Å²) in [7, 11) is 1.80. The van der Waals surface area contributed by atoms with Gasteiger partial charge in [-0.05, 0) is 37.5 Å². The van der Waals surface area contributed by atoms with Gasteiger partial charge in [0.25, 0.3) is 0 Å². The number of phenols is 1. The molecule has 2 atom stereocenters. The van der Waals surface area contributed by atoms with Crippen LogP contribution in [0.15, 0.2) is 24.3 Å². The Morgan fingerprint density at radius 3 is 2.65 bits per heavy atom. The summed E-state index contributed by atoms with van der Waals surface area (Å²) in [6.07, 6.45) is 2.79. The van der Waals surface area contributed by atoms with Crippen molar-refractivity contribution in [3.05, 3.63) is 29.8 Å². The third kappa shape index (κ3) is 5.61. The summed E-state index contributed by atoms with van der Waals surface area (Å²) in [5.74, 6) is 0.377. The second-order valence-corrected chi connectivity index (χ2v) is 5.67. The van der Waals surface area contributed by atoms with Crippen molar-refractivity contribution in [2.24, 2.45) is 11.7 Å². The lowest BCUT2D eigenvalue weighted by atomic mass is 10.0. The van der Waals surface area contributed by atoms with Crippen molar-refractivity contribution in [1.82, 2.24) is 4.90 Å². The molecular weight excluding hydrogens is 252 g/mol. The fourth-order valence-electron chi connectivity index (χ4n) is 2.25. The fraction of sp³-hybridized carbons (Fsp3) is 0.562. The number of nitrogens with two attached hydrogens (primary N) is 1. The highest BCUT2D eigenvalue weighted by Gasteiger charge is 2.17. The minimum atomic E-state index is 0.0102. The standard InChI is InChI=1S/C16H26N2O2/c1-12(6-4-7-13(2)17)16(20)18(3)11-14-8-5-9-15(19)10-14/h5,8-10,12-13,19H,4,6-7,11,17H2,1-3H3. The van der Waals surface area contributed by atoms with E-state index < -0.39 is 0 Å². The van der Waals surface area contributed by atoms with E-state index >= 15 is 0 Å². The number of carbonyl (C=O) groups is 1. The van der Waals surface area contributed by atoms with Gasteiger partial charge in [0, 0.05) is 25.6 Å². The highest BCUT2D eigenvalue weighted by molar-refractivity contribution is 5.78. The van der Waals surface area contributed by atoms with Crippen LogP contribution in [0, 0.1) is 5.92 Å². The van der Waals surface area contributed by atoms with Crippen LogP contribution in [-0.2, 0) is 11.3 Å². The predicted molar refractivity (Wildman–Crippen MR) is 81.2 cm³/mol. The van der Waals surface area contributed by atoms with E-state index in [4.69, 9.17) is 5.73 Å². The van der Waals surface area contributed by atoms with Crippen molar-refractivity contribution in [3.8, 4) is 5.75 Å². The molecule has 0 aromatic heterocycles. The van der Waals surface area contributed by atoms with Gasteiger partial charge in [0.15, 0.2) is 0 Å². The number of rotatable bonds is 7. The van der Waals surface area contributed by atoms with E-state index in [1.54, 1.807) is 30.1 Å². The molecule has 0 saturated heterocycles. The van der Waals surface area contributed by atoms with Crippen LogP contribution in [0.1, 0.15) is 38.7 Å². The number of nitrogens with zero attached hydrogens (tertiary/aromatic N) is 1. The molecule has 0 bridgehead atoms. The number of phenolic OH excluding ortho intramolecular Hbond substituents is 1. The second-order valence-electron chi connectivity index (χ2n) is 5.67. The minimum absolute atomic E-state index is 0.0102. The fourth-order valence-corrected chi connectivity index (χ4v) is 2.25. The first kappa shape index (κ1) is 16.5. The quantitative estimate of drug-likeness (QED) is 0.805. The molecule has 112 valence electrons.